The molecule has 2 aromatic carbocycles. The van der Waals surface area contributed by atoms with Crippen LogP contribution in [-0.4, -0.2) is 65.3 Å². The molecule has 1 saturated heterocycles. The highest BCUT2D eigenvalue weighted by Gasteiger charge is 2.19. The van der Waals surface area contributed by atoms with Gasteiger partial charge < -0.3 is 19.5 Å². The highest BCUT2D eigenvalue weighted by molar-refractivity contribution is 7.92. The summed E-state index contributed by atoms with van der Waals surface area (Å²) in [6, 6.07) is 11.1. The molecule has 166 valence electrons. The van der Waals surface area contributed by atoms with Gasteiger partial charge in [-0.1, -0.05) is 0 Å². The molecule has 0 aromatic heterocycles. The van der Waals surface area contributed by atoms with Crippen LogP contribution < -0.4 is 19.5 Å². The van der Waals surface area contributed by atoms with Crippen LogP contribution in [0.25, 0.3) is 0 Å². The molecule has 1 fully saturated rings. The number of rotatable bonds is 6. The van der Waals surface area contributed by atoms with Crippen LogP contribution in [0.5, 0.6) is 11.5 Å². The third kappa shape index (κ3) is 5.66. The normalized spacial score (nSPS) is 16.9. The Morgan fingerprint density at radius 3 is 2.32 bits per heavy atom. The summed E-state index contributed by atoms with van der Waals surface area (Å²) in [7, 11) is -3.81. The number of anilines is 2. The Morgan fingerprint density at radius 2 is 1.58 bits per heavy atom. The summed E-state index contributed by atoms with van der Waals surface area (Å²) >= 11 is 0. The number of amides is 1. The van der Waals surface area contributed by atoms with Crippen molar-refractivity contribution in [2.75, 3.05) is 56.1 Å². The van der Waals surface area contributed by atoms with Gasteiger partial charge in [-0.3, -0.25) is 14.4 Å². The molecule has 4 rings (SSSR count). The lowest BCUT2D eigenvalue weighted by Crippen LogP contribution is -2.41. The molecule has 0 spiro atoms. The van der Waals surface area contributed by atoms with Crippen molar-refractivity contribution in [3.05, 3.63) is 42.5 Å². The van der Waals surface area contributed by atoms with Gasteiger partial charge in [-0.15, -0.1) is 0 Å². The summed E-state index contributed by atoms with van der Waals surface area (Å²) in [5.41, 5.74) is 0.982. The van der Waals surface area contributed by atoms with Gasteiger partial charge in [0.15, 0.2) is 11.5 Å². The van der Waals surface area contributed by atoms with Gasteiger partial charge in [0, 0.05) is 37.0 Å². The molecular weight excluding hydrogens is 422 g/mol. The van der Waals surface area contributed by atoms with Gasteiger partial charge in [-0.2, -0.15) is 0 Å². The van der Waals surface area contributed by atoms with Crippen molar-refractivity contribution in [1.29, 1.82) is 0 Å². The lowest BCUT2D eigenvalue weighted by Gasteiger charge is -2.25. The SMILES string of the molecule is O=C(CN1CCOCC1)Nc1ccc(NS(=O)(=O)c2ccc3c(c2)OCCCO3)cc1. The van der Waals surface area contributed by atoms with Gasteiger partial charge in [0.1, 0.15) is 0 Å². The molecule has 2 aromatic rings. The fraction of sp³-hybridized carbons (Fsp3) is 0.381. The first-order chi connectivity index (χ1) is 15.0. The third-order valence-corrected chi connectivity index (χ3v) is 6.30. The standard InChI is InChI=1S/C21H25N3O6S/c25-21(15-24-8-12-28-13-9-24)22-16-2-4-17(5-3-16)23-31(26,27)18-6-7-19-20(14-18)30-11-1-10-29-19/h2-7,14,23H,1,8-13,15H2,(H,22,25). The summed E-state index contributed by atoms with van der Waals surface area (Å²) in [5.74, 6) is 0.828. The molecule has 10 heteroatoms. The fourth-order valence-electron chi connectivity index (χ4n) is 3.31. The average Bonchev–Trinajstić information content (AvgIpc) is 3.00. The molecule has 1 amide bonds. The van der Waals surface area contributed by atoms with E-state index in [1.807, 2.05) is 4.90 Å². The van der Waals surface area contributed by atoms with Gasteiger partial charge in [0.25, 0.3) is 10.0 Å². The molecule has 0 saturated carbocycles. The number of morpholine rings is 1. The number of nitrogens with one attached hydrogen (secondary N) is 2. The molecule has 0 unspecified atom stereocenters. The van der Waals surface area contributed by atoms with E-state index in [1.54, 1.807) is 30.3 Å². The highest BCUT2D eigenvalue weighted by atomic mass is 32.2. The lowest BCUT2D eigenvalue weighted by atomic mass is 10.3. The summed E-state index contributed by atoms with van der Waals surface area (Å²) in [4.78, 5) is 14.3. The van der Waals surface area contributed by atoms with Gasteiger partial charge in [-0.25, -0.2) is 8.42 Å². The van der Waals surface area contributed by atoms with Gasteiger partial charge in [0.05, 0.1) is 37.9 Å². The molecule has 0 radical (unpaired) electrons. The average molecular weight is 448 g/mol. The Balaban J connectivity index is 1.37. The van der Waals surface area contributed by atoms with E-state index in [4.69, 9.17) is 14.2 Å². The van der Waals surface area contributed by atoms with Crippen molar-refractivity contribution in [3.8, 4) is 11.5 Å². The first kappa shape index (κ1) is 21.4. The molecule has 0 bridgehead atoms. The minimum Gasteiger partial charge on any atom is -0.490 e. The van der Waals surface area contributed by atoms with Crippen LogP contribution in [0.4, 0.5) is 11.4 Å². The highest BCUT2D eigenvalue weighted by Crippen LogP contribution is 2.32. The van der Waals surface area contributed by atoms with Crippen LogP contribution in [-0.2, 0) is 19.6 Å². The van der Waals surface area contributed by atoms with Crippen LogP contribution >= 0.6 is 0 Å². The molecule has 0 atom stereocenters. The minimum atomic E-state index is -3.81. The molecule has 2 aliphatic rings. The zero-order chi connectivity index (χ0) is 21.7. The molecular formula is C21H25N3O6S. The molecule has 0 aliphatic carbocycles. The first-order valence-electron chi connectivity index (χ1n) is 10.1. The Labute approximate surface area is 181 Å². The molecule has 2 N–H and O–H groups in total. The van der Waals surface area contributed by atoms with Crippen molar-refractivity contribution in [1.82, 2.24) is 4.90 Å². The van der Waals surface area contributed by atoms with Crippen molar-refractivity contribution in [2.24, 2.45) is 0 Å². The maximum Gasteiger partial charge on any atom is 0.262 e. The summed E-state index contributed by atoms with van der Waals surface area (Å²) in [6.45, 7) is 4.02. The topological polar surface area (TPSA) is 106 Å². The van der Waals surface area contributed by atoms with Crippen LogP contribution in [0.15, 0.2) is 47.4 Å². The number of fused-ring (bicyclic) bond motifs is 1. The minimum absolute atomic E-state index is 0.0830. The van der Waals surface area contributed by atoms with Crippen LogP contribution in [0.1, 0.15) is 6.42 Å². The number of carbonyl (C=O) groups excluding carboxylic acids is 1. The zero-order valence-electron chi connectivity index (χ0n) is 17.0. The molecule has 9 nitrogen and oxygen atoms in total. The van der Waals surface area contributed by atoms with Crippen molar-refractivity contribution < 1.29 is 27.4 Å². The van der Waals surface area contributed by atoms with Crippen LogP contribution in [0.2, 0.25) is 0 Å². The Hall–Kier alpha value is -2.82. The Morgan fingerprint density at radius 1 is 0.903 bits per heavy atom. The Kier molecular flexibility index (Phi) is 6.59. The Bertz CT molecular complexity index is 1020. The van der Waals surface area contributed by atoms with Crippen LogP contribution in [0, 0.1) is 0 Å². The van der Waals surface area contributed by atoms with E-state index < -0.39 is 10.0 Å². The van der Waals surface area contributed by atoms with E-state index >= 15 is 0 Å². The number of ether oxygens (including phenoxy) is 3. The second-order valence-electron chi connectivity index (χ2n) is 7.28. The lowest BCUT2D eigenvalue weighted by molar-refractivity contribution is -0.118. The number of benzene rings is 2. The van der Waals surface area contributed by atoms with Crippen molar-refractivity contribution in [2.45, 2.75) is 11.3 Å². The number of hydrogen-bond acceptors (Lipinski definition) is 7. The van der Waals surface area contributed by atoms with Gasteiger partial charge >= 0.3 is 0 Å². The predicted octanol–water partition coefficient (Wildman–Crippen LogP) is 1.92. The molecule has 2 aliphatic heterocycles. The van der Waals surface area contributed by atoms with Crippen LogP contribution in [0.3, 0.4) is 0 Å². The first-order valence-corrected chi connectivity index (χ1v) is 11.6. The van der Waals surface area contributed by atoms with Crippen molar-refractivity contribution in [3.63, 3.8) is 0 Å². The number of nitrogens with zero attached hydrogens (tertiary/aromatic N) is 1. The summed E-state index contributed by atoms with van der Waals surface area (Å²) in [5, 5.41) is 2.82. The van der Waals surface area contributed by atoms with E-state index in [0.717, 1.165) is 19.5 Å². The van der Waals surface area contributed by atoms with E-state index in [-0.39, 0.29) is 10.8 Å². The maximum atomic E-state index is 12.8. The van der Waals surface area contributed by atoms with E-state index in [1.165, 1.54) is 12.1 Å². The largest absolute Gasteiger partial charge is 0.490 e. The maximum absolute atomic E-state index is 12.8. The van der Waals surface area contributed by atoms with E-state index in [2.05, 4.69) is 10.0 Å². The summed E-state index contributed by atoms with van der Waals surface area (Å²) in [6.07, 6.45) is 0.740. The molecule has 2 heterocycles. The number of hydrogen-bond donors (Lipinski definition) is 2. The number of carbonyl (C=O) groups is 1. The smallest absolute Gasteiger partial charge is 0.262 e. The second-order valence-corrected chi connectivity index (χ2v) is 8.96. The monoisotopic (exact) mass is 447 g/mol. The molecule has 31 heavy (non-hydrogen) atoms. The quantitative estimate of drug-likeness (QED) is 0.697. The zero-order valence-corrected chi connectivity index (χ0v) is 17.8. The predicted molar refractivity (Wildman–Crippen MR) is 115 cm³/mol. The van der Waals surface area contributed by atoms with Crippen molar-refractivity contribution >= 4 is 27.3 Å². The third-order valence-electron chi connectivity index (χ3n) is 4.92. The second kappa shape index (κ2) is 9.54. The van der Waals surface area contributed by atoms with Gasteiger partial charge in [0.2, 0.25) is 5.91 Å². The summed E-state index contributed by atoms with van der Waals surface area (Å²) < 4.78 is 44.5. The number of sulfonamides is 1. The van der Waals surface area contributed by atoms with Gasteiger partial charge in [-0.05, 0) is 36.4 Å². The fourth-order valence-corrected chi connectivity index (χ4v) is 4.38. The van der Waals surface area contributed by atoms with E-state index in [9.17, 15) is 13.2 Å². The van der Waals surface area contributed by atoms with E-state index in [0.29, 0.717) is 55.8 Å².